The van der Waals surface area contributed by atoms with E-state index in [9.17, 15) is 5.11 Å². The highest BCUT2D eigenvalue weighted by atomic mass is 35.5. The van der Waals surface area contributed by atoms with Crippen LogP contribution in [-0.4, -0.2) is 35.2 Å². The zero-order valence-corrected chi connectivity index (χ0v) is 21.0. The van der Waals surface area contributed by atoms with Crippen molar-refractivity contribution < 1.29 is 5.11 Å². The number of aliphatic hydroxyl groups excluding tert-OH is 1. The van der Waals surface area contributed by atoms with E-state index in [1.54, 1.807) is 11.8 Å². The van der Waals surface area contributed by atoms with Crippen LogP contribution in [0, 0.1) is 12.8 Å². The number of hydrogen-bond acceptors (Lipinski definition) is 4. The molecule has 172 valence electrons. The molecule has 0 amide bonds. The van der Waals surface area contributed by atoms with Gasteiger partial charge in [0.05, 0.1) is 6.54 Å². The molecule has 0 bridgehead atoms. The average molecular weight is 479 g/mol. The number of likely N-dealkylation sites (N-methyl/N-ethyl adjacent to an activating group) is 1. The van der Waals surface area contributed by atoms with Crippen LogP contribution in [0.1, 0.15) is 24.5 Å². The lowest BCUT2D eigenvalue weighted by Crippen LogP contribution is -2.21. The molecule has 1 aliphatic carbocycles. The van der Waals surface area contributed by atoms with Gasteiger partial charge in [0.1, 0.15) is 10.8 Å². The maximum Gasteiger partial charge on any atom is 0.127 e. The van der Waals surface area contributed by atoms with E-state index in [1.165, 1.54) is 5.56 Å². The van der Waals surface area contributed by atoms with Crippen LogP contribution < -0.4 is 0 Å². The number of thioether (sulfide) groups is 1. The summed E-state index contributed by atoms with van der Waals surface area (Å²) in [5.74, 6) is 0.415. The molecule has 0 spiro atoms. The molecule has 0 saturated carbocycles. The Labute approximate surface area is 207 Å². The van der Waals surface area contributed by atoms with Crippen LogP contribution in [0.2, 0.25) is 0 Å². The van der Waals surface area contributed by atoms with Crippen LogP contribution in [0.4, 0.5) is 0 Å². The normalized spacial score (nSPS) is 18.9. The van der Waals surface area contributed by atoms with E-state index in [4.69, 9.17) is 4.99 Å². The van der Waals surface area contributed by atoms with Gasteiger partial charge < -0.3 is 10.0 Å². The second-order valence-corrected chi connectivity index (χ2v) is 9.33. The molecule has 3 nitrogen and oxygen atoms in total. The third-order valence-corrected chi connectivity index (χ3v) is 7.03. The fourth-order valence-electron chi connectivity index (χ4n) is 4.03. The van der Waals surface area contributed by atoms with Gasteiger partial charge in [-0.15, -0.1) is 12.4 Å². The third-order valence-electron chi connectivity index (χ3n) is 6.00. The molecule has 0 saturated heterocycles. The average Bonchev–Trinajstić information content (AvgIpc) is 2.96. The van der Waals surface area contributed by atoms with Crippen molar-refractivity contribution in [1.82, 2.24) is 4.90 Å². The lowest BCUT2D eigenvalue weighted by molar-refractivity contribution is 0.430. The Bertz CT molecular complexity index is 1110. The van der Waals surface area contributed by atoms with Gasteiger partial charge in [0.15, 0.2) is 0 Å². The largest absolute Gasteiger partial charge is 0.507 e. The van der Waals surface area contributed by atoms with Crippen molar-refractivity contribution in [3.63, 3.8) is 0 Å². The number of aliphatic imine (C=N–C) groups is 1. The standard InChI is InChI=1S/C28H30N2OS.ClH/c1-20-14-16-24(17-15-20)32-28-25(21(2)30(3)19-18-29-28)26(22-10-6-4-7-11-22)27(31)23-12-8-5-9-13-23;/h4-10,12-17,22,31H,11,18-19H2,1-3H3;1H/b27-26-;. The quantitative estimate of drug-likeness (QED) is 0.471. The van der Waals surface area contributed by atoms with Gasteiger partial charge in [0.25, 0.3) is 0 Å². The second kappa shape index (κ2) is 11.4. The first kappa shape index (κ1) is 24.9. The highest BCUT2D eigenvalue weighted by Gasteiger charge is 2.29. The Kier molecular flexibility index (Phi) is 8.65. The minimum Gasteiger partial charge on any atom is -0.507 e. The van der Waals surface area contributed by atoms with Gasteiger partial charge in [0.2, 0.25) is 0 Å². The summed E-state index contributed by atoms with van der Waals surface area (Å²) >= 11 is 1.68. The Balaban J connectivity index is 0.00000306. The third kappa shape index (κ3) is 5.82. The van der Waals surface area contributed by atoms with E-state index in [2.05, 4.69) is 74.4 Å². The van der Waals surface area contributed by atoms with Gasteiger partial charge >= 0.3 is 0 Å². The molecule has 0 radical (unpaired) electrons. The summed E-state index contributed by atoms with van der Waals surface area (Å²) in [4.78, 5) is 8.41. The Morgan fingerprint density at radius 2 is 1.76 bits per heavy atom. The summed E-state index contributed by atoms with van der Waals surface area (Å²) in [5, 5.41) is 12.6. The van der Waals surface area contributed by atoms with E-state index in [1.807, 2.05) is 30.3 Å². The van der Waals surface area contributed by atoms with Gasteiger partial charge in [0, 0.05) is 46.8 Å². The Hall–Kier alpha value is -2.69. The highest BCUT2D eigenvalue weighted by molar-refractivity contribution is 8.14. The van der Waals surface area contributed by atoms with Crippen LogP contribution in [0.25, 0.3) is 5.76 Å². The van der Waals surface area contributed by atoms with Crippen molar-refractivity contribution in [3.8, 4) is 0 Å². The van der Waals surface area contributed by atoms with E-state index in [0.717, 1.165) is 51.9 Å². The number of allylic oxidation sites excluding steroid dienone is 6. The first-order valence-corrected chi connectivity index (χ1v) is 11.9. The topological polar surface area (TPSA) is 35.8 Å². The van der Waals surface area contributed by atoms with Crippen molar-refractivity contribution in [2.45, 2.75) is 25.2 Å². The van der Waals surface area contributed by atoms with Gasteiger partial charge in [-0.1, -0.05) is 84.1 Å². The molecule has 1 atom stereocenters. The van der Waals surface area contributed by atoms with Gasteiger partial charge in [-0.3, -0.25) is 4.99 Å². The lowest BCUT2D eigenvalue weighted by atomic mass is 9.84. The molecular weight excluding hydrogens is 448 g/mol. The van der Waals surface area contributed by atoms with Gasteiger partial charge in [-0.25, -0.2) is 0 Å². The van der Waals surface area contributed by atoms with Crippen LogP contribution in [0.15, 0.2) is 106 Å². The minimum absolute atomic E-state index is 0. The van der Waals surface area contributed by atoms with E-state index in [-0.39, 0.29) is 18.3 Å². The maximum absolute atomic E-state index is 11.6. The predicted octanol–water partition coefficient (Wildman–Crippen LogP) is 7.23. The molecule has 0 fully saturated rings. The molecular formula is C28H31ClN2OS. The monoisotopic (exact) mass is 478 g/mol. The molecule has 2 aliphatic rings. The zero-order valence-electron chi connectivity index (χ0n) is 19.4. The Morgan fingerprint density at radius 3 is 2.42 bits per heavy atom. The van der Waals surface area contributed by atoms with E-state index >= 15 is 0 Å². The Morgan fingerprint density at radius 1 is 1.03 bits per heavy atom. The first-order chi connectivity index (χ1) is 15.5. The number of aliphatic hydroxyl groups is 1. The number of benzene rings is 2. The molecule has 2 aromatic carbocycles. The fourth-order valence-corrected chi connectivity index (χ4v) is 5.04. The van der Waals surface area contributed by atoms with Crippen LogP contribution in [0.3, 0.4) is 0 Å². The van der Waals surface area contributed by atoms with Crippen molar-refractivity contribution in [3.05, 3.63) is 107 Å². The van der Waals surface area contributed by atoms with E-state index in [0.29, 0.717) is 5.76 Å². The zero-order chi connectivity index (χ0) is 22.5. The van der Waals surface area contributed by atoms with Crippen molar-refractivity contribution >= 4 is 35.0 Å². The maximum atomic E-state index is 11.6. The summed E-state index contributed by atoms with van der Waals surface area (Å²) < 4.78 is 0. The summed E-state index contributed by atoms with van der Waals surface area (Å²) in [7, 11) is 2.11. The van der Waals surface area contributed by atoms with Crippen LogP contribution >= 0.6 is 24.2 Å². The molecule has 2 aromatic rings. The molecule has 0 aromatic heterocycles. The molecule has 1 heterocycles. The molecule has 1 unspecified atom stereocenters. The number of halogens is 1. The minimum atomic E-state index is 0. The summed E-state index contributed by atoms with van der Waals surface area (Å²) in [5.41, 5.74) is 5.20. The predicted molar refractivity (Wildman–Crippen MR) is 144 cm³/mol. The van der Waals surface area contributed by atoms with Crippen molar-refractivity contribution in [2.75, 3.05) is 20.1 Å². The molecule has 1 aliphatic heterocycles. The highest BCUT2D eigenvalue weighted by Crippen LogP contribution is 2.39. The van der Waals surface area contributed by atoms with Gasteiger partial charge in [-0.05, 0) is 32.4 Å². The molecule has 1 N–H and O–H groups in total. The van der Waals surface area contributed by atoms with Gasteiger partial charge in [-0.2, -0.15) is 0 Å². The summed E-state index contributed by atoms with van der Waals surface area (Å²) in [6.45, 7) is 5.83. The fraction of sp³-hybridized carbons (Fsp3) is 0.250. The molecule has 5 heteroatoms. The lowest BCUT2D eigenvalue weighted by Gasteiger charge is -2.27. The summed E-state index contributed by atoms with van der Waals surface area (Å²) in [6, 6.07) is 18.4. The smallest absolute Gasteiger partial charge is 0.127 e. The number of nitrogens with zero attached hydrogens (tertiary/aromatic N) is 2. The number of hydrogen-bond donors (Lipinski definition) is 1. The second-order valence-electron chi connectivity index (χ2n) is 8.27. The molecule has 33 heavy (non-hydrogen) atoms. The van der Waals surface area contributed by atoms with E-state index < -0.39 is 0 Å². The van der Waals surface area contributed by atoms with Crippen molar-refractivity contribution in [1.29, 1.82) is 0 Å². The SMILES string of the molecule is CC1=C(/C(=C(\O)c2ccccc2)C2C=CC=CC2)C(Sc2ccc(C)cc2)=NCCN1C.Cl. The number of rotatable bonds is 4. The van der Waals surface area contributed by atoms with Crippen LogP contribution in [-0.2, 0) is 0 Å². The molecule has 4 rings (SSSR count). The first-order valence-electron chi connectivity index (χ1n) is 11.1. The van der Waals surface area contributed by atoms with Crippen molar-refractivity contribution in [2.24, 2.45) is 10.9 Å². The number of aryl methyl sites for hydroxylation is 1. The van der Waals surface area contributed by atoms with Crippen LogP contribution in [0.5, 0.6) is 0 Å². The summed E-state index contributed by atoms with van der Waals surface area (Å²) in [6.07, 6.45) is 9.36.